The van der Waals surface area contributed by atoms with E-state index in [1.165, 1.54) is 17.5 Å². The molecule has 2 aromatic rings. The van der Waals surface area contributed by atoms with Gasteiger partial charge < -0.3 is 15.4 Å². The fourth-order valence-corrected chi connectivity index (χ4v) is 3.25. The van der Waals surface area contributed by atoms with Crippen LogP contribution >= 0.6 is 11.3 Å². The highest BCUT2D eigenvalue weighted by Gasteiger charge is 2.17. The number of anilines is 1. The second kappa shape index (κ2) is 9.19. The van der Waals surface area contributed by atoms with E-state index in [0.29, 0.717) is 11.7 Å². The second-order valence-electron chi connectivity index (χ2n) is 6.14. The van der Waals surface area contributed by atoms with Crippen molar-refractivity contribution in [2.45, 2.75) is 40.7 Å². The molecule has 7 heteroatoms. The number of amides is 1. The monoisotopic (exact) mass is 384 g/mol. The van der Waals surface area contributed by atoms with Crippen molar-refractivity contribution in [1.29, 1.82) is 5.26 Å². The van der Waals surface area contributed by atoms with Crippen LogP contribution in [-0.2, 0) is 4.79 Å². The maximum atomic E-state index is 12.5. The van der Waals surface area contributed by atoms with Crippen LogP contribution in [0.1, 0.15) is 41.6 Å². The van der Waals surface area contributed by atoms with E-state index in [4.69, 9.17) is 4.74 Å². The average Bonchev–Trinajstić information content (AvgIpc) is 2.95. The standard InChI is InChI=1S/C20H24N4O2S/c1-6-26-18-8-7-12(2)9-17(18)14(4)23-19(25)16(10-21)11-22-20-24-13(3)15(5)27-20/h7-9,11,14H,6H2,1-5H3,(H,22,24)(H,23,25)/b16-11-. The number of hydrogen-bond acceptors (Lipinski definition) is 6. The molecule has 2 rings (SSSR count). The Morgan fingerprint density at radius 3 is 2.74 bits per heavy atom. The van der Waals surface area contributed by atoms with E-state index in [1.54, 1.807) is 0 Å². The molecule has 0 saturated heterocycles. The maximum Gasteiger partial charge on any atom is 0.263 e. The lowest BCUT2D eigenvalue weighted by molar-refractivity contribution is -0.117. The van der Waals surface area contributed by atoms with Crippen molar-refractivity contribution >= 4 is 22.4 Å². The van der Waals surface area contributed by atoms with Gasteiger partial charge in [0.1, 0.15) is 17.4 Å². The van der Waals surface area contributed by atoms with Gasteiger partial charge in [-0.25, -0.2) is 4.98 Å². The highest BCUT2D eigenvalue weighted by molar-refractivity contribution is 7.15. The van der Waals surface area contributed by atoms with Crippen molar-refractivity contribution in [3.8, 4) is 11.8 Å². The number of aromatic nitrogens is 1. The first-order valence-electron chi connectivity index (χ1n) is 8.70. The van der Waals surface area contributed by atoms with Crippen LogP contribution in [0, 0.1) is 32.1 Å². The molecule has 1 aromatic carbocycles. The number of ether oxygens (including phenoxy) is 1. The van der Waals surface area contributed by atoms with Crippen molar-refractivity contribution in [2.24, 2.45) is 0 Å². The van der Waals surface area contributed by atoms with Crippen molar-refractivity contribution < 1.29 is 9.53 Å². The van der Waals surface area contributed by atoms with Gasteiger partial charge in [0, 0.05) is 16.6 Å². The molecule has 27 heavy (non-hydrogen) atoms. The summed E-state index contributed by atoms with van der Waals surface area (Å²) in [5.74, 6) is 0.275. The summed E-state index contributed by atoms with van der Waals surface area (Å²) in [5.41, 5.74) is 2.86. The third-order valence-corrected chi connectivity index (χ3v) is 5.02. The number of nitriles is 1. The van der Waals surface area contributed by atoms with Gasteiger partial charge in [0.2, 0.25) is 0 Å². The predicted molar refractivity (Wildman–Crippen MR) is 108 cm³/mol. The summed E-state index contributed by atoms with van der Waals surface area (Å²) in [7, 11) is 0. The number of carbonyl (C=O) groups is 1. The number of carbonyl (C=O) groups excluding carboxylic acids is 1. The molecular weight excluding hydrogens is 360 g/mol. The molecule has 0 spiro atoms. The second-order valence-corrected chi connectivity index (χ2v) is 7.35. The summed E-state index contributed by atoms with van der Waals surface area (Å²) in [6, 6.07) is 7.46. The average molecular weight is 385 g/mol. The Balaban J connectivity index is 2.13. The molecule has 0 bridgehead atoms. The molecular formula is C20H24N4O2S. The van der Waals surface area contributed by atoms with Crippen LogP contribution in [-0.4, -0.2) is 17.5 Å². The number of thiazole rings is 1. The molecule has 0 saturated carbocycles. The quantitative estimate of drug-likeness (QED) is 0.553. The highest BCUT2D eigenvalue weighted by atomic mass is 32.1. The van der Waals surface area contributed by atoms with Crippen molar-refractivity contribution in [3.63, 3.8) is 0 Å². The largest absolute Gasteiger partial charge is 0.494 e. The lowest BCUT2D eigenvalue weighted by Gasteiger charge is -2.18. The Hall–Kier alpha value is -2.85. The van der Waals surface area contributed by atoms with Crippen LogP contribution in [0.3, 0.4) is 0 Å². The van der Waals surface area contributed by atoms with Gasteiger partial charge in [0.15, 0.2) is 5.13 Å². The van der Waals surface area contributed by atoms with E-state index < -0.39 is 5.91 Å². The summed E-state index contributed by atoms with van der Waals surface area (Å²) in [6.07, 6.45) is 1.39. The molecule has 0 aliphatic carbocycles. The van der Waals surface area contributed by atoms with Gasteiger partial charge in [-0.05, 0) is 40.7 Å². The number of benzene rings is 1. The molecule has 0 fully saturated rings. The topological polar surface area (TPSA) is 87.0 Å². The molecule has 1 heterocycles. The van der Waals surface area contributed by atoms with Crippen LogP contribution in [0.4, 0.5) is 5.13 Å². The molecule has 2 N–H and O–H groups in total. The Morgan fingerprint density at radius 2 is 2.15 bits per heavy atom. The lowest BCUT2D eigenvalue weighted by atomic mass is 10.0. The minimum atomic E-state index is -0.452. The zero-order valence-corrected chi connectivity index (χ0v) is 17.0. The number of aryl methyl sites for hydroxylation is 3. The summed E-state index contributed by atoms with van der Waals surface area (Å²) >= 11 is 1.47. The van der Waals surface area contributed by atoms with Crippen LogP contribution in [0.2, 0.25) is 0 Å². The fraction of sp³-hybridized carbons (Fsp3) is 0.350. The Bertz CT molecular complexity index is 876. The van der Waals surface area contributed by atoms with Gasteiger partial charge in [-0.1, -0.05) is 17.7 Å². The van der Waals surface area contributed by atoms with Gasteiger partial charge in [0.05, 0.1) is 18.3 Å². The molecule has 0 radical (unpaired) electrons. The first kappa shape index (κ1) is 20.5. The third-order valence-electron chi connectivity index (χ3n) is 4.01. The number of nitrogens with one attached hydrogen (secondary N) is 2. The van der Waals surface area contributed by atoms with Gasteiger partial charge in [-0.15, -0.1) is 11.3 Å². The first-order valence-corrected chi connectivity index (χ1v) is 9.52. The lowest BCUT2D eigenvalue weighted by Crippen LogP contribution is -2.28. The van der Waals surface area contributed by atoms with E-state index in [9.17, 15) is 10.1 Å². The van der Waals surface area contributed by atoms with Crippen LogP contribution < -0.4 is 15.4 Å². The smallest absolute Gasteiger partial charge is 0.263 e. The number of rotatable bonds is 7. The summed E-state index contributed by atoms with van der Waals surface area (Å²) in [6.45, 7) is 10.2. The molecule has 142 valence electrons. The molecule has 1 unspecified atom stereocenters. The van der Waals surface area contributed by atoms with Crippen molar-refractivity contribution in [2.75, 3.05) is 11.9 Å². The summed E-state index contributed by atoms with van der Waals surface area (Å²) in [5, 5.41) is 15.8. The molecule has 6 nitrogen and oxygen atoms in total. The van der Waals surface area contributed by atoms with Crippen LogP contribution in [0.15, 0.2) is 30.0 Å². The Kier molecular flexibility index (Phi) is 6.97. The van der Waals surface area contributed by atoms with Gasteiger partial charge in [-0.3, -0.25) is 4.79 Å². The van der Waals surface area contributed by atoms with E-state index in [-0.39, 0.29) is 11.6 Å². The van der Waals surface area contributed by atoms with Gasteiger partial charge >= 0.3 is 0 Å². The molecule has 1 atom stereocenters. The third kappa shape index (κ3) is 5.31. The Labute approximate surface area is 163 Å². The zero-order valence-electron chi connectivity index (χ0n) is 16.2. The normalized spacial score (nSPS) is 12.2. The van der Waals surface area contributed by atoms with Crippen molar-refractivity contribution in [1.82, 2.24) is 10.3 Å². The van der Waals surface area contributed by atoms with Crippen molar-refractivity contribution in [3.05, 3.63) is 51.7 Å². The Morgan fingerprint density at radius 1 is 1.41 bits per heavy atom. The van der Waals surface area contributed by atoms with E-state index in [0.717, 1.165) is 27.4 Å². The molecule has 0 aliphatic heterocycles. The van der Waals surface area contributed by atoms with Gasteiger partial charge in [0.25, 0.3) is 5.91 Å². The van der Waals surface area contributed by atoms with Crippen LogP contribution in [0.5, 0.6) is 5.75 Å². The molecule has 1 amide bonds. The summed E-state index contributed by atoms with van der Waals surface area (Å²) in [4.78, 5) is 17.9. The minimum Gasteiger partial charge on any atom is -0.494 e. The SMILES string of the molecule is CCOc1ccc(C)cc1C(C)NC(=O)/C(C#N)=C\Nc1nc(C)c(C)s1. The molecule has 0 aliphatic rings. The van der Waals surface area contributed by atoms with Crippen LogP contribution in [0.25, 0.3) is 0 Å². The fourth-order valence-electron chi connectivity index (χ4n) is 2.46. The van der Waals surface area contributed by atoms with Gasteiger partial charge in [-0.2, -0.15) is 5.26 Å². The number of nitrogens with zero attached hydrogens (tertiary/aromatic N) is 2. The highest BCUT2D eigenvalue weighted by Crippen LogP contribution is 2.27. The minimum absolute atomic E-state index is 0.0158. The number of hydrogen-bond donors (Lipinski definition) is 2. The summed E-state index contributed by atoms with van der Waals surface area (Å²) < 4.78 is 5.65. The van der Waals surface area contributed by atoms with E-state index >= 15 is 0 Å². The van der Waals surface area contributed by atoms with E-state index in [2.05, 4.69) is 15.6 Å². The van der Waals surface area contributed by atoms with E-state index in [1.807, 2.05) is 58.9 Å². The zero-order chi connectivity index (χ0) is 20.0. The first-order chi connectivity index (χ1) is 12.8. The predicted octanol–water partition coefficient (Wildman–Crippen LogP) is 4.16. The molecule has 1 aromatic heterocycles. The maximum absolute atomic E-state index is 12.5.